The largest absolute Gasteiger partial charge is 0.457 e. The average Bonchev–Trinajstić information content (AvgIpc) is 3.62. The zero-order chi connectivity index (χ0) is 27.4. The van der Waals surface area contributed by atoms with E-state index in [2.05, 4.69) is 47.7 Å². The van der Waals surface area contributed by atoms with Gasteiger partial charge in [0.2, 0.25) is 12.6 Å². The van der Waals surface area contributed by atoms with Crippen molar-refractivity contribution >= 4 is 61.5 Å². The average molecular weight is 655 g/mol. The molecule has 5 rings (SSSR count). The predicted octanol–water partition coefficient (Wildman–Crippen LogP) is 5.77. The molecule has 2 heterocycles. The molecule has 196 valence electrons. The van der Waals surface area contributed by atoms with Crippen LogP contribution in [0.5, 0.6) is 17.2 Å². The zero-order valence-electron chi connectivity index (χ0n) is 19.8. The van der Waals surface area contributed by atoms with Crippen LogP contribution in [-0.2, 0) is 0 Å². The van der Waals surface area contributed by atoms with E-state index >= 15 is 0 Å². The summed E-state index contributed by atoms with van der Waals surface area (Å²) >= 11 is 6.75. The maximum absolute atomic E-state index is 12.7. The second kappa shape index (κ2) is 11.5. The molecule has 2 amide bonds. The monoisotopic (exact) mass is 653 g/mol. The number of nitrogens with one attached hydrogen (secondary N) is 2. The molecule has 3 aromatic carbocycles. The van der Waals surface area contributed by atoms with Crippen LogP contribution in [-0.4, -0.2) is 30.8 Å². The lowest BCUT2D eigenvalue weighted by Crippen LogP contribution is -2.18. The Labute approximate surface area is 238 Å². The van der Waals surface area contributed by atoms with Crippen molar-refractivity contribution in [1.29, 1.82) is 0 Å². The number of hydrazone groups is 1. The molecule has 4 aromatic rings. The van der Waals surface area contributed by atoms with E-state index in [-0.39, 0.29) is 29.8 Å². The fraction of sp³-hybridized carbons (Fsp3) is 0.0370. The predicted molar refractivity (Wildman–Crippen MR) is 148 cm³/mol. The molecule has 0 unspecified atom stereocenters. The standard InChI is InChI=1S/C27H17Br2N3O7/c28-18-9-17(24(20(29)12-18)39-27(35)22-5-2-8-36-22)13-30-32-26(34)15-3-1-4-19(10-15)31-25(33)16-6-7-21-23(11-16)38-14-37-21/h1-13H,14H2,(H,31,33)(H,32,34). The van der Waals surface area contributed by atoms with Crippen LogP contribution in [0, 0.1) is 0 Å². The Balaban J connectivity index is 1.26. The number of amides is 2. The molecule has 0 spiro atoms. The van der Waals surface area contributed by atoms with Crippen LogP contribution in [0.1, 0.15) is 36.8 Å². The number of carbonyl (C=O) groups is 3. The summed E-state index contributed by atoms with van der Waals surface area (Å²) in [7, 11) is 0. The summed E-state index contributed by atoms with van der Waals surface area (Å²) in [6.07, 6.45) is 2.70. The summed E-state index contributed by atoms with van der Waals surface area (Å²) in [6, 6.07) is 17.7. The van der Waals surface area contributed by atoms with Crippen molar-refractivity contribution in [3.8, 4) is 17.2 Å². The number of rotatable bonds is 7. The number of hydrogen-bond donors (Lipinski definition) is 2. The first-order chi connectivity index (χ1) is 18.9. The number of hydrogen-bond acceptors (Lipinski definition) is 8. The maximum Gasteiger partial charge on any atom is 0.379 e. The van der Waals surface area contributed by atoms with Crippen LogP contribution in [0.2, 0.25) is 0 Å². The van der Waals surface area contributed by atoms with Crippen LogP contribution < -0.4 is 25.0 Å². The van der Waals surface area contributed by atoms with Crippen LogP contribution in [0.3, 0.4) is 0 Å². The van der Waals surface area contributed by atoms with Gasteiger partial charge in [0, 0.05) is 26.9 Å². The molecular weight excluding hydrogens is 638 g/mol. The number of ether oxygens (including phenoxy) is 3. The molecule has 0 saturated carbocycles. The van der Waals surface area contributed by atoms with Crippen molar-refractivity contribution < 1.29 is 33.0 Å². The van der Waals surface area contributed by atoms with Crippen molar-refractivity contribution in [1.82, 2.24) is 5.43 Å². The van der Waals surface area contributed by atoms with E-state index in [1.165, 1.54) is 24.6 Å². The summed E-state index contributed by atoms with van der Waals surface area (Å²) in [5.74, 6) is -0.304. The first-order valence-electron chi connectivity index (χ1n) is 11.3. The van der Waals surface area contributed by atoms with Gasteiger partial charge in [0.25, 0.3) is 11.8 Å². The van der Waals surface area contributed by atoms with Gasteiger partial charge in [-0.25, -0.2) is 10.2 Å². The van der Waals surface area contributed by atoms with Crippen LogP contribution in [0.4, 0.5) is 5.69 Å². The molecule has 0 saturated heterocycles. The Morgan fingerprint density at radius 2 is 1.72 bits per heavy atom. The topological polar surface area (TPSA) is 128 Å². The SMILES string of the molecule is O=C(NN=Cc1cc(Br)cc(Br)c1OC(=O)c1ccco1)c1cccc(NC(=O)c2ccc3c(c2)OCO3)c1. The van der Waals surface area contributed by atoms with Gasteiger partial charge in [-0.05, 0) is 76.6 Å². The van der Waals surface area contributed by atoms with Crippen LogP contribution >= 0.6 is 31.9 Å². The number of carbonyl (C=O) groups excluding carboxylic acids is 3. The Morgan fingerprint density at radius 1 is 0.897 bits per heavy atom. The first kappa shape index (κ1) is 26.2. The quantitative estimate of drug-likeness (QED) is 0.112. The second-order valence-electron chi connectivity index (χ2n) is 7.97. The van der Waals surface area contributed by atoms with Crippen molar-refractivity contribution in [2.75, 3.05) is 12.1 Å². The summed E-state index contributed by atoms with van der Waals surface area (Å²) in [5.41, 5.74) is 3.89. The highest BCUT2D eigenvalue weighted by Gasteiger charge is 2.18. The van der Waals surface area contributed by atoms with Gasteiger partial charge in [0.15, 0.2) is 17.2 Å². The normalized spacial score (nSPS) is 11.8. The Morgan fingerprint density at radius 3 is 2.54 bits per heavy atom. The van der Waals surface area contributed by atoms with Gasteiger partial charge < -0.3 is 23.9 Å². The van der Waals surface area contributed by atoms with E-state index in [9.17, 15) is 14.4 Å². The molecule has 1 aliphatic rings. The van der Waals surface area contributed by atoms with E-state index in [0.717, 1.165) is 0 Å². The minimum Gasteiger partial charge on any atom is -0.457 e. The first-order valence-corrected chi connectivity index (χ1v) is 12.8. The molecule has 0 aliphatic carbocycles. The molecular formula is C27H17Br2N3O7. The lowest BCUT2D eigenvalue weighted by Gasteiger charge is -2.10. The number of fused-ring (bicyclic) bond motifs is 1. The zero-order valence-corrected chi connectivity index (χ0v) is 22.9. The Hall–Kier alpha value is -4.42. The van der Waals surface area contributed by atoms with Crippen molar-refractivity contribution in [3.05, 3.63) is 104 Å². The smallest absolute Gasteiger partial charge is 0.379 e. The van der Waals surface area contributed by atoms with Crippen molar-refractivity contribution in [2.45, 2.75) is 0 Å². The van der Waals surface area contributed by atoms with E-state index in [4.69, 9.17) is 18.6 Å². The third kappa shape index (κ3) is 6.19. The highest BCUT2D eigenvalue weighted by molar-refractivity contribution is 9.11. The number of benzene rings is 3. The number of nitrogens with zero attached hydrogens (tertiary/aromatic N) is 1. The molecule has 39 heavy (non-hydrogen) atoms. The van der Waals surface area contributed by atoms with Gasteiger partial charge in [-0.3, -0.25) is 9.59 Å². The summed E-state index contributed by atoms with van der Waals surface area (Å²) in [4.78, 5) is 37.8. The Bertz CT molecular complexity index is 1600. The van der Waals surface area contributed by atoms with Gasteiger partial charge in [-0.15, -0.1) is 0 Å². The summed E-state index contributed by atoms with van der Waals surface area (Å²) < 4.78 is 22.3. The molecule has 0 atom stereocenters. The van der Waals surface area contributed by atoms with Gasteiger partial charge in [0.1, 0.15) is 0 Å². The van der Waals surface area contributed by atoms with Gasteiger partial charge >= 0.3 is 5.97 Å². The summed E-state index contributed by atoms with van der Waals surface area (Å²) in [5, 5.41) is 6.76. The molecule has 2 N–H and O–H groups in total. The highest BCUT2D eigenvalue weighted by Crippen LogP contribution is 2.33. The van der Waals surface area contributed by atoms with E-state index in [1.807, 2.05) is 0 Å². The van der Waals surface area contributed by atoms with Crippen LogP contribution in [0.15, 0.2) is 91.5 Å². The molecule has 1 aliphatic heterocycles. The number of furan rings is 1. The van der Waals surface area contributed by atoms with E-state index in [0.29, 0.717) is 37.3 Å². The Kier molecular flexibility index (Phi) is 7.75. The molecule has 0 fully saturated rings. The number of halogens is 2. The fourth-order valence-corrected chi connectivity index (χ4v) is 4.86. The van der Waals surface area contributed by atoms with E-state index < -0.39 is 11.9 Å². The molecule has 1 aromatic heterocycles. The molecule has 0 radical (unpaired) electrons. The number of anilines is 1. The van der Waals surface area contributed by atoms with E-state index in [1.54, 1.807) is 54.6 Å². The van der Waals surface area contributed by atoms with Gasteiger partial charge in [0.05, 0.1) is 17.0 Å². The molecule has 10 nitrogen and oxygen atoms in total. The third-order valence-electron chi connectivity index (χ3n) is 5.34. The number of esters is 1. The minimum atomic E-state index is -0.693. The fourth-order valence-electron chi connectivity index (χ4n) is 3.53. The third-order valence-corrected chi connectivity index (χ3v) is 6.39. The molecule has 0 bridgehead atoms. The van der Waals surface area contributed by atoms with Crippen molar-refractivity contribution in [2.24, 2.45) is 5.10 Å². The summed E-state index contributed by atoms with van der Waals surface area (Å²) in [6.45, 7) is 0.107. The highest BCUT2D eigenvalue weighted by atomic mass is 79.9. The maximum atomic E-state index is 12.7. The van der Waals surface area contributed by atoms with Gasteiger partial charge in [-0.2, -0.15) is 5.10 Å². The lowest BCUT2D eigenvalue weighted by molar-refractivity contribution is 0.0699. The second-order valence-corrected chi connectivity index (χ2v) is 9.74. The van der Waals surface area contributed by atoms with Crippen LogP contribution in [0.25, 0.3) is 0 Å². The minimum absolute atomic E-state index is 0.0338. The van der Waals surface area contributed by atoms with Crippen molar-refractivity contribution in [3.63, 3.8) is 0 Å². The molecule has 12 heteroatoms. The lowest BCUT2D eigenvalue weighted by atomic mass is 10.1. The van der Waals surface area contributed by atoms with Gasteiger partial charge in [-0.1, -0.05) is 22.0 Å².